The Balaban J connectivity index is 1.76. The number of nitrogens with zero attached hydrogens (tertiary/aromatic N) is 4. The molecular formula is C17H20N6O3S. The van der Waals surface area contributed by atoms with Crippen molar-refractivity contribution in [2.45, 2.75) is 43.2 Å². The molecule has 1 saturated carbocycles. The normalized spacial score (nSPS) is 22.7. The third-order valence-corrected chi connectivity index (χ3v) is 6.52. The van der Waals surface area contributed by atoms with E-state index in [1.807, 2.05) is 6.92 Å². The summed E-state index contributed by atoms with van der Waals surface area (Å²) in [4.78, 5) is 8.29. The first-order chi connectivity index (χ1) is 12.7. The lowest BCUT2D eigenvalue weighted by Crippen LogP contribution is -2.57. The van der Waals surface area contributed by atoms with E-state index in [0.717, 1.165) is 5.56 Å². The van der Waals surface area contributed by atoms with Gasteiger partial charge >= 0.3 is 0 Å². The van der Waals surface area contributed by atoms with Crippen LogP contribution in [0.25, 0.3) is 16.9 Å². The van der Waals surface area contributed by atoms with E-state index in [0.29, 0.717) is 29.7 Å². The van der Waals surface area contributed by atoms with Crippen molar-refractivity contribution in [1.29, 1.82) is 0 Å². The highest BCUT2D eigenvalue weighted by atomic mass is 32.2. The number of benzene rings is 1. The smallest absolute Gasteiger partial charge is 0.241 e. The fourth-order valence-electron chi connectivity index (χ4n) is 3.51. The van der Waals surface area contributed by atoms with Crippen LogP contribution in [0.5, 0.6) is 0 Å². The van der Waals surface area contributed by atoms with Crippen LogP contribution >= 0.6 is 0 Å². The van der Waals surface area contributed by atoms with Crippen LogP contribution in [0, 0.1) is 6.92 Å². The second-order valence-corrected chi connectivity index (χ2v) is 8.91. The van der Waals surface area contributed by atoms with Crippen molar-refractivity contribution < 1.29 is 13.5 Å². The topological polar surface area (TPSA) is 136 Å². The van der Waals surface area contributed by atoms with E-state index >= 15 is 0 Å². The van der Waals surface area contributed by atoms with E-state index in [2.05, 4.69) is 19.8 Å². The number of imidazole rings is 1. The summed E-state index contributed by atoms with van der Waals surface area (Å²) in [6.07, 6.45) is 3.25. The predicted octanol–water partition coefficient (Wildman–Crippen LogP) is 0.874. The minimum absolute atomic E-state index is 0.141. The summed E-state index contributed by atoms with van der Waals surface area (Å²) < 4.78 is 29.9. The van der Waals surface area contributed by atoms with Gasteiger partial charge in [0.15, 0.2) is 11.5 Å². The first kappa shape index (κ1) is 17.8. The predicted molar refractivity (Wildman–Crippen MR) is 99.3 cm³/mol. The highest BCUT2D eigenvalue weighted by Gasteiger charge is 2.42. The van der Waals surface area contributed by atoms with E-state index in [1.54, 1.807) is 31.3 Å². The Morgan fingerprint density at radius 1 is 1.33 bits per heavy atom. The summed E-state index contributed by atoms with van der Waals surface area (Å²) in [5, 5.41) is 13.7. The van der Waals surface area contributed by atoms with Crippen LogP contribution in [0.3, 0.4) is 0 Å². The van der Waals surface area contributed by atoms with Crippen molar-refractivity contribution in [3.05, 3.63) is 36.3 Å². The molecule has 27 heavy (non-hydrogen) atoms. The molecule has 1 aliphatic rings. The lowest BCUT2D eigenvalue weighted by atomic mass is 9.77. The van der Waals surface area contributed by atoms with Gasteiger partial charge in [-0.05, 0) is 44.4 Å². The molecular weight excluding hydrogens is 368 g/mol. The third-order valence-electron chi connectivity index (χ3n) is 4.88. The maximum absolute atomic E-state index is 12.8. The van der Waals surface area contributed by atoms with Gasteiger partial charge in [-0.15, -0.1) is 0 Å². The van der Waals surface area contributed by atoms with Gasteiger partial charge in [-0.2, -0.15) is 5.10 Å². The molecule has 4 N–H and O–H groups in total. The van der Waals surface area contributed by atoms with Crippen LogP contribution < -0.4 is 10.5 Å². The fourth-order valence-corrected chi connectivity index (χ4v) is 4.96. The van der Waals surface area contributed by atoms with Gasteiger partial charge in [0.2, 0.25) is 10.0 Å². The van der Waals surface area contributed by atoms with Crippen molar-refractivity contribution >= 4 is 21.5 Å². The van der Waals surface area contributed by atoms with Gasteiger partial charge in [0.05, 0.1) is 22.9 Å². The average molecular weight is 388 g/mol. The van der Waals surface area contributed by atoms with Gasteiger partial charge in [0.25, 0.3) is 0 Å². The zero-order valence-corrected chi connectivity index (χ0v) is 15.7. The van der Waals surface area contributed by atoms with E-state index in [1.165, 1.54) is 10.8 Å². The first-order valence-electron chi connectivity index (χ1n) is 8.46. The Labute approximate surface area is 156 Å². The number of sulfonamides is 1. The minimum Gasteiger partial charge on any atom is -0.393 e. The van der Waals surface area contributed by atoms with Crippen LogP contribution in [0.2, 0.25) is 0 Å². The summed E-state index contributed by atoms with van der Waals surface area (Å²) in [6, 6.07) is 4.90. The van der Waals surface area contributed by atoms with Gasteiger partial charge in [-0.25, -0.2) is 27.6 Å². The number of aromatic nitrogens is 4. The highest BCUT2D eigenvalue weighted by molar-refractivity contribution is 7.89. The molecule has 2 aromatic heterocycles. The number of nitrogens with two attached hydrogens (primary N) is 1. The second-order valence-electron chi connectivity index (χ2n) is 7.23. The number of nitrogens with one attached hydrogen (secondary N) is 1. The van der Waals surface area contributed by atoms with Crippen LogP contribution in [-0.2, 0) is 10.0 Å². The number of aliphatic hydroxyl groups is 1. The molecule has 9 nitrogen and oxygen atoms in total. The van der Waals surface area contributed by atoms with Crippen molar-refractivity contribution in [2.75, 3.05) is 5.73 Å². The Kier molecular flexibility index (Phi) is 3.95. The van der Waals surface area contributed by atoms with Crippen LogP contribution in [0.15, 0.2) is 35.6 Å². The maximum Gasteiger partial charge on any atom is 0.241 e. The molecule has 0 unspecified atom stereocenters. The molecule has 0 bridgehead atoms. The van der Waals surface area contributed by atoms with Crippen molar-refractivity contribution in [1.82, 2.24) is 24.3 Å². The fraction of sp³-hybridized carbons (Fsp3) is 0.353. The molecule has 0 aliphatic heterocycles. The lowest BCUT2D eigenvalue weighted by molar-refractivity contribution is 0.0238. The average Bonchev–Trinajstić information content (AvgIpc) is 2.98. The SMILES string of the molecule is Cc1ccc(S(=O)(=O)NC2(C)CC(O)C2)cc1-c1cnc2c(N)ncnn12. The highest BCUT2D eigenvalue weighted by Crippen LogP contribution is 2.34. The molecule has 1 aromatic carbocycles. The standard InChI is InChI=1S/C17H20N6O3S/c1-10-3-4-12(27(25,26)22-17(2)6-11(24)7-17)5-13(10)14-8-19-16-15(18)20-9-21-23(14)16/h3-5,8-9,11,22,24H,6-7H2,1-2H3,(H2,18,20,21). The molecule has 0 amide bonds. The monoisotopic (exact) mass is 388 g/mol. The molecule has 142 valence electrons. The Morgan fingerprint density at radius 2 is 2.07 bits per heavy atom. The van der Waals surface area contributed by atoms with Crippen LogP contribution in [-0.4, -0.2) is 44.7 Å². The number of nitrogen functional groups attached to an aromatic ring is 1. The van der Waals surface area contributed by atoms with E-state index in [4.69, 9.17) is 5.73 Å². The molecule has 1 fully saturated rings. The molecule has 0 spiro atoms. The summed E-state index contributed by atoms with van der Waals surface area (Å²) >= 11 is 0. The maximum atomic E-state index is 12.8. The lowest BCUT2D eigenvalue weighted by Gasteiger charge is -2.42. The summed E-state index contributed by atoms with van der Waals surface area (Å²) in [6.45, 7) is 3.67. The molecule has 1 aliphatic carbocycles. The number of hydrogen-bond donors (Lipinski definition) is 3. The minimum atomic E-state index is -3.74. The molecule has 4 rings (SSSR count). The number of anilines is 1. The van der Waals surface area contributed by atoms with Crippen molar-refractivity contribution in [3.63, 3.8) is 0 Å². The van der Waals surface area contributed by atoms with E-state index in [-0.39, 0.29) is 10.7 Å². The van der Waals surface area contributed by atoms with Gasteiger partial charge < -0.3 is 10.8 Å². The zero-order valence-electron chi connectivity index (χ0n) is 14.9. The molecule has 0 radical (unpaired) electrons. The van der Waals surface area contributed by atoms with Crippen molar-refractivity contribution in [3.8, 4) is 11.3 Å². The second kappa shape index (κ2) is 5.98. The molecule has 3 aromatic rings. The summed E-state index contributed by atoms with van der Waals surface area (Å²) in [7, 11) is -3.74. The van der Waals surface area contributed by atoms with Gasteiger partial charge in [0.1, 0.15) is 6.33 Å². The molecule has 0 atom stereocenters. The largest absolute Gasteiger partial charge is 0.393 e. The molecule has 10 heteroatoms. The van der Waals surface area contributed by atoms with E-state index in [9.17, 15) is 13.5 Å². The number of aryl methyl sites for hydroxylation is 1. The van der Waals surface area contributed by atoms with Gasteiger partial charge in [-0.1, -0.05) is 6.07 Å². The Morgan fingerprint density at radius 3 is 2.78 bits per heavy atom. The number of aliphatic hydroxyl groups excluding tert-OH is 1. The summed E-state index contributed by atoms with van der Waals surface area (Å²) in [5.74, 6) is 0.246. The van der Waals surface area contributed by atoms with Crippen LogP contribution in [0.1, 0.15) is 25.3 Å². The molecule has 2 heterocycles. The number of hydrogen-bond acceptors (Lipinski definition) is 7. The summed E-state index contributed by atoms with van der Waals surface area (Å²) in [5.41, 5.74) is 7.79. The Hall–Kier alpha value is -2.56. The van der Waals surface area contributed by atoms with Gasteiger partial charge in [-0.3, -0.25) is 0 Å². The first-order valence-corrected chi connectivity index (χ1v) is 9.94. The number of fused-ring (bicyclic) bond motifs is 1. The molecule has 0 saturated heterocycles. The third kappa shape index (κ3) is 3.05. The Bertz CT molecular complexity index is 1130. The van der Waals surface area contributed by atoms with Crippen LogP contribution in [0.4, 0.5) is 5.82 Å². The van der Waals surface area contributed by atoms with Gasteiger partial charge in [0, 0.05) is 11.1 Å². The number of rotatable bonds is 4. The van der Waals surface area contributed by atoms with E-state index < -0.39 is 21.7 Å². The van der Waals surface area contributed by atoms with Crippen molar-refractivity contribution in [2.24, 2.45) is 0 Å². The quantitative estimate of drug-likeness (QED) is 0.603. The zero-order chi connectivity index (χ0) is 19.4.